The van der Waals surface area contributed by atoms with Crippen LogP contribution in [0.3, 0.4) is 0 Å². The molecule has 0 bridgehead atoms. The number of ether oxygens (including phenoxy) is 5. The number of carbonyl (C=O) groups is 1. The number of hydrogen-bond donors (Lipinski definition) is 0. The average molecular weight is 455 g/mol. The first-order valence-electron chi connectivity index (χ1n) is 11.0. The Hall–Kier alpha value is -3.39. The molecule has 0 aliphatic carbocycles. The number of methoxy groups -OCH3 is 3. The van der Waals surface area contributed by atoms with Crippen molar-refractivity contribution < 1.29 is 28.5 Å². The van der Waals surface area contributed by atoms with Crippen molar-refractivity contribution in [1.29, 1.82) is 0 Å². The molecular formula is C25H30N2O6. The highest BCUT2D eigenvalue weighted by Crippen LogP contribution is 2.40. The molecule has 2 heterocycles. The van der Waals surface area contributed by atoms with Crippen LogP contribution in [0.15, 0.2) is 36.4 Å². The minimum atomic E-state index is -0.00498. The van der Waals surface area contributed by atoms with E-state index in [0.717, 1.165) is 42.3 Å². The molecular weight excluding hydrogens is 424 g/mol. The second kappa shape index (κ2) is 10.5. The minimum Gasteiger partial charge on any atom is -0.493 e. The highest BCUT2D eigenvalue weighted by Gasteiger charge is 2.21. The van der Waals surface area contributed by atoms with Gasteiger partial charge in [-0.05, 0) is 41.5 Å². The molecule has 4 rings (SSSR count). The lowest BCUT2D eigenvalue weighted by Gasteiger charge is -2.34. The van der Waals surface area contributed by atoms with E-state index in [4.69, 9.17) is 23.7 Å². The van der Waals surface area contributed by atoms with Crippen molar-refractivity contribution in [2.45, 2.75) is 6.54 Å². The van der Waals surface area contributed by atoms with Gasteiger partial charge in [-0.15, -0.1) is 0 Å². The molecule has 0 atom stereocenters. The lowest BCUT2D eigenvalue weighted by atomic mass is 10.1. The van der Waals surface area contributed by atoms with Gasteiger partial charge in [-0.25, -0.2) is 0 Å². The standard InChI is InChI=1S/C25H30N2O6/c1-29-20-6-4-19(16-21(20)30-2)17-26-8-10-27(11-9-26)24(28)7-5-18-14-22(31-3)25-23(15-18)32-12-13-33-25/h4-7,14-16H,8-13,17H2,1-3H3/b7-5+. The van der Waals surface area contributed by atoms with Gasteiger partial charge in [0.25, 0.3) is 0 Å². The summed E-state index contributed by atoms with van der Waals surface area (Å²) in [5.74, 6) is 3.29. The Morgan fingerprint density at radius 2 is 1.64 bits per heavy atom. The molecule has 2 aromatic rings. The van der Waals surface area contributed by atoms with Crippen molar-refractivity contribution in [2.24, 2.45) is 0 Å². The van der Waals surface area contributed by atoms with Gasteiger partial charge >= 0.3 is 0 Å². The van der Waals surface area contributed by atoms with Gasteiger partial charge in [0.15, 0.2) is 23.0 Å². The van der Waals surface area contributed by atoms with Gasteiger partial charge in [-0.2, -0.15) is 0 Å². The first-order valence-corrected chi connectivity index (χ1v) is 11.0. The number of benzene rings is 2. The van der Waals surface area contributed by atoms with E-state index >= 15 is 0 Å². The van der Waals surface area contributed by atoms with Crippen molar-refractivity contribution in [3.63, 3.8) is 0 Å². The summed E-state index contributed by atoms with van der Waals surface area (Å²) in [6.07, 6.45) is 3.40. The summed E-state index contributed by atoms with van der Waals surface area (Å²) in [4.78, 5) is 16.9. The maximum Gasteiger partial charge on any atom is 0.246 e. The molecule has 0 unspecified atom stereocenters. The van der Waals surface area contributed by atoms with E-state index in [9.17, 15) is 4.79 Å². The number of hydrogen-bond acceptors (Lipinski definition) is 7. The number of amides is 1. The number of fused-ring (bicyclic) bond motifs is 1. The highest BCUT2D eigenvalue weighted by atomic mass is 16.6. The maximum atomic E-state index is 12.7. The molecule has 2 aromatic carbocycles. The number of carbonyl (C=O) groups excluding carboxylic acids is 1. The fourth-order valence-corrected chi connectivity index (χ4v) is 4.03. The lowest BCUT2D eigenvalue weighted by molar-refractivity contribution is -0.127. The predicted octanol–water partition coefficient (Wildman–Crippen LogP) is 2.84. The van der Waals surface area contributed by atoms with Gasteiger partial charge in [0, 0.05) is 38.8 Å². The Bertz CT molecular complexity index is 997. The molecule has 2 aliphatic rings. The fourth-order valence-electron chi connectivity index (χ4n) is 4.03. The molecule has 2 aliphatic heterocycles. The zero-order chi connectivity index (χ0) is 23.2. The second-order valence-corrected chi connectivity index (χ2v) is 7.87. The molecule has 1 fully saturated rings. The van der Waals surface area contributed by atoms with E-state index in [-0.39, 0.29) is 5.91 Å². The quantitative estimate of drug-likeness (QED) is 0.596. The van der Waals surface area contributed by atoms with Crippen LogP contribution in [0.25, 0.3) is 6.08 Å². The van der Waals surface area contributed by atoms with Crippen LogP contribution < -0.4 is 23.7 Å². The highest BCUT2D eigenvalue weighted by molar-refractivity contribution is 5.92. The van der Waals surface area contributed by atoms with Crippen LogP contribution in [-0.4, -0.2) is 76.4 Å². The van der Waals surface area contributed by atoms with Crippen LogP contribution in [0.2, 0.25) is 0 Å². The number of nitrogens with zero attached hydrogens (tertiary/aromatic N) is 2. The fraction of sp³-hybridized carbons (Fsp3) is 0.400. The van der Waals surface area contributed by atoms with Crippen molar-refractivity contribution in [1.82, 2.24) is 9.80 Å². The molecule has 33 heavy (non-hydrogen) atoms. The first kappa shape index (κ1) is 22.8. The Morgan fingerprint density at radius 1 is 0.909 bits per heavy atom. The summed E-state index contributed by atoms with van der Waals surface area (Å²) in [5, 5.41) is 0. The van der Waals surface area contributed by atoms with E-state index in [1.807, 2.05) is 35.2 Å². The zero-order valence-corrected chi connectivity index (χ0v) is 19.3. The van der Waals surface area contributed by atoms with Gasteiger partial charge < -0.3 is 28.6 Å². The van der Waals surface area contributed by atoms with Crippen LogP contribution in [0.4, 0.5) is 0 Å². The van der Waals surface area contributed by atoms with Crippen LogP contribution in [-0.2, 0) is 11.3 Å². The SMILES string of the molecule is COc1ccc(CN2CCN(C(=O)/C=C/c3cc(OC)c4c(c3)OCCO4)CC2)cc1OC. The van der Waals surface area contributed by atoms with Gasteiger partial charge in [-0.1, -0.05) is 6.07 Å². The first-order chi connectivity index (χ1) is 16.1. The smallest absolute Gasteiger partial charge is 0.246 e. The molecule has 0 saturated carbocycles. The molecule has 8 heteroatoms. The third-order valence-electron chi connectivity index (χ3n) is 5.81. The van der Waals surface area contributed by atoms with Crippen molar-refractivity contribution in [3.05, 3.63) is 47.5 Å². The van der Waals surface area contributed by atoms with E-state index in [1.165, 1.54) is 0 Å². The van der Waals surface area contributed by atoms with Gasteiger partial charge in [0.2, 0.25) is 11.7 Å². The average Bonchev–Trinajstić information content (AvgIpc) is 2.87. The monoisotopic (exact) mass is 454 g/mol. The molecule has 0 radical (unpaired) electrons. The van der Waals surface area contributed by atoms with E-state index in [0.29, 0.717) is 43.6 Å². The third kappa shape index (κ3) is 5.34. The molecule has 8 nitrogen and oxygen atoms in total. The third-order valence-corrected chi connectivity index (χ3v) is 5.81. The van der Waals surface area contributed by atoms with E-state index in [2.05, 4.69) is 4.90 Å². The van der Waals surface area contributed by atoms with Gasteiger partial charge in [0.1, 0.15) is 13.2 Å². The predicted molar refractivity (Wildman–Crippen MR) is 124 cm³/mol. The summed E-state index contributed by atoms with van der Waals surface area (Å²) < 4.78 is 27.4. The van der Waals surface area contributed by atoms with Crippen molar-refractivity contribution >= 4 is 12.0 Å². The molecule has 0 spiro atoms. The summed E-state index contributed by atoms with van der Waals surface area (Å²) in [5.41, 5.74) is 1.98. The van der Waals surface area contributed by atoms with Gasteiger partial charge in [0.05, 0.1) is 21.3 Å². The number of rotatable bonds is 7. The van der Waals surface area contributed by atoms with E-state index < -0.39 is 0 Å². The Kier molecular flexibility index (Phi) is 7.24. The van der Waals surface area contributed by atoms with Crippen LogP contribution in [0.5, 0.6) is 28.7 Å². The second-order valence-electron chi connectivity index (χ2n) is 7.87. The summed E-state index contributed by atoms with van der Waals surface area (Å²) in [7, 11) is 4.86. The molecule has 0 aromatic heterocycles. The molecule has 0 N–H and O–H groups in total. The van der Waals surface area contributed by atoms with Crippen molar-refractivity contribution in [2.75, 3.05) is 60.7 Å². The van der Waals surface area contributed by atoms with Crippen LogP contribution in [0, 0.1) is 0 Å². The van der Waals surface area contributed by atoms with Crippen LogP contribution in [0.1, 0.15) is 11.1 Å². The number of piperazine rings is 1. The zero-order valence-electron chi connectivity index (χ0n) is 19.3. The van der Waals surface area contributed by atoms with Crippen LogP contribution >= 0.6 is 0 Å². The maximum absolute atomic E-state index is 12.7. The molecule has 1 saturated heterocycles. The Labute approximate surface area is 194 Å². The Morgan fingerprint density at radius 3 is 2.36 bits per heavy atom. The van der Waals surface area contributed by atoms with E-state index in [1.54, 1.807) is 33.5 Å². The topological polar surface area (TPSA) is 69.7 Å². The summed E-state index contributed by atoms with van der Waals surface area (Å²) in [6.45, 7) is 4.78. The largest absolute Gasteiger partial charge is 0.493 e. The normalized spacial score (nSPS) is 16.0. The summed E-state index contributed by atoms with van der Waals surface area (Å²) in [6, 6.07) is 9.68. The molecule has 1 amide bonds. The molecule has 176 valence electrons. The Balaban J connectivity index is 1.33. The van der Waals surface area contributed by atoms with Crippen molar-refractivity contribution in [3.8, 4) is 28.7 Å². The summed E-state index contributed by atoms with van der Waals surface area (Å²) >= 11 is 0. The lowest BCUT2D eigenvalue weighted by Crippen LogP contribution is -2.47. The minimum absolute atomic E-state index is 0.00498. The van der Waals surface area contributed by atoms with Gasteiger partial charge in [-0.3, -0.25) is 9.69 Å².